The van der Waals surface area contributed by atoms with Gasteiger partial charge in [0.15, 0.2) is 0 Å². The lowest BCUT2D eigenvalue weighted by molar-refractivity contribution is -0.137. The molecule has 0 bridgehead atoms. The van der Waals surface area contributed by atoms with E-state index in [9.17, 15) is 13.2 Å². The van der Waals surface area contributed by atoms with Gasteiger partial charge in [-0.15, -0.1) is 0 Å². The van der Waals surface area contributed by atoms with Crippen LogP contribution in [0.2, 0.25) is 0 Å². The quantitative estimate of drug-likeness (QED) is 0.780. The molecule has 3 rings (SSSR count). The normalized spacial score (nSPS) is 11.6. The summed E-state index contributed by atoms with van der Waals surface area (Å²) in [6.07, 6.45) is 0.111. The van der Waals surface area contributed by atoms with Crippen LogP contribution in [0.1, 0.15) is 5.56 Å². The fraction of sp³-hybridized carbons (Fsp3) is 0.0714. The maximum atomic E-state index is 12.7. The third-order valence-corrected chi connectivity index (χ3v) is 2.89. The van der Waals surface area contributed by atoms with Gasteiger partial charge in [-0.25, -0.2) is 9.97 Å². The van der Waals surface area contributed by atoms with Crippen LogP contribution in [0.5, 0.6) is 0 Å². The van der Waals surface area contributed by atoms with Crippen molar-refractivity contribution in [2.75, 3.05) is 5.32 Å². The molecule has 106 valence electrons. The molecule has 3 aromatic rings. The average Bonchev–Trinajstić information content (AvgIpc) is 2.47. The van der Waals surface area contributed by atoms with E-state index in [-0.39, 0.29) is 0 Å². The van der Waals surface area contributed by atoms with E-state index in [4.69, 9.17) is 0 Å². The maximum Gasteiger partial charge on any atom is 0.416 e. The maximum absolute atomic E-state index is 12.7. The summed E-state index contributed by atoms with van der Waals surface area (Å²) in [5.74, 6) is 0.410. The predicted octanol–water partition coefficient (Wildman–Crippen LogP) is 3.79. The van der Waals surface area contributed by atoms with E-state index < -0.39 is 11.7 Å². The number of anilines is 2. The van der Waals surface area contributed by atoms with Crippen molar-refractivity contribution in [2.24, 2.45) is 0 Å². The molecule has 0 spiro atoms. The van der Waals surface area contributed by atoms with Crippen molar-refractivity contribution in [3.05, 3.63) is 54.6 Å². The van der Waals surface area contributed by atoms with Crippen LogP contribution >= 0.6 is 0 Å². The van der Waals surface area contributed by atoms with Crippen LogP contribution in [0.3, 0.4) is 0 Å². The van der Waals surface area contributed by atoms with Gasteiger partial charge in [0.05, 0.1) is 16.5 Å². The molecule has 0 saturated carbocycles. The van der Waals surface area contributed by atoms with Crippen molar-refractivity contribution >= 4 is 22.4 Å². The number of halogens is 3. The second kappa shape index (κ2) is 5.01. The molecule has 1 N–H and O–H groups in total. The molecular weight excluding hydrogens is 281 g/mol. The molecule has 2 aromatic heterocycles. The van der Waals surface area contributed by atoms with Gasteiger partial charge in [0.25, 0.3) is 0 Å². The van der Waals surface area contributed by atoms with Gasteiger partial charge in [0.1, 0.15) is 12.1 Å². The van der Waals surface area contributed by atoms with E-state index in [2.05, 4.69) is 20.3 Å². The highest BCUT2D eigenvalue weighted by Crippen LogP contribution is 2.31. The first kappa shape index (κ1) is 13.3. The Bertz CT molecular complexity index is 781. The highest BCUT2D eigenvalue weighted by molar-refractivity contribution is 5.89. The Balaban J connectivity index is 1.99. The number of fused-ring (bicyclic) bond motifs is 1. The molecule has 0 aliphatic heterocycles. The summed E-state index contributed by atoms with van der Waals surface area (Å²) in [6, 6.07) is 6.63. The average molecular weight is 290 g/mol. The third kappa shape index (κ3) is 2.76. The lowest BCUT2D eigenvalue weighted by Crippen LogP contribution is -2.05. The van der Waals surface area contributed by atoms with Gasteiger partial charge in [-0.2, -0.15) is 13.2 Å². The smallest absolute Gasteiger partial charge is 0.340 e. The Morgan fingerprint density at radius 2 is 1.90 bits per heavy atom. The first-order chi connectivity index (χ1) is 10.0. The number of rotatable bonds is 2. The fourth-order valence-electron chi connectivity index (χ4n) is 1.91. The van der Waals surface area contributed by atoms with Crippen molar-refractivity contribution in [1.29, 1.82) is 0 Å². The fourth-order valence-corrected chi connectivity index (χ4v) is 1.91. The molecule has 0 aliphatic carbocycles. The molecular formula is C14H9F3N4. The molecule has 0 saturated heterocycles. The van der Waals surface area contributed by atoms with Gasteiger partial charge in [0.2, 0.25) is 0 Å². The highest BCUT2D eigenvalue weighted by Gasteiger charge is 2.30. The zero-order valence-corrected chi connectivity index (χ0v) is 10.6. The van der Waals surface area contributed by atoms with Crippen molar-refractivity contribution in [3.63, 3.8) is 0 Å². The van der Waals surface area contributed by atoms with Crippen LogP contribution in [-0.2, 0) is 6.18 Å². The van der Waals surface area contributed by atoms with Crippen LogP contribution in [0.25, 0.3) is 10.9 Å². The zero-order valence-electron chi connectivity index (χ0n) is 10.6. The zero-order chi connectivity index (χ0) is 14.9. The highest BCUT2D eigenvalue weighted by atomic mass is 19.4. The lowest BCUT2D eigenvalue weighted by atomic mass is 10.2. The first-order valence-electron chi connectivity index (χ1n) is 6.03. The van der Waals surface area contributed by atoms with Crippen molar-refractivity contribution in [3.8, 4) is 0 Å². The summed E-state index contributed by atoms with van der Waals surface area (Å²) in [7, 11) is 0. The van der Waals surface area contributed by atoms with E-state index in [0.29, 0.717) is 22.4 Å². The van der Waals surface area contributed by atoms with E-state index in [0.717, 1.165) is 12.1 Å². The summed E-state index contributed by atoms with van der Waals surface area (Å²) in [6.45, 7) is 0. The SMILES string of the molecule is FC(F)(F)c1cccc(Nc2ncnc3ccncc23)c1. The minimum absolute atomic E-state index is 0.300. The number of aromatic nitrogens is 3. The second-order valence-corrected chi connectivity index (χ2v) is 4.32. The minimum Gasteiger partial charge on any atom is -0.340 e. The number of nitrogens with zero attached hydrogens (tertiary/aromatic N) is 3. The van der Waals surface area contributed by atoms with Gasteiger partial charge >= 0.3 is 6.18 Å². The third-order valence-electron chi connectivity index (χ3n) is 2.89. The molecule has 0 unspecified atom stereocenters. The monoisotopic (exact) mass is 290 g/mol. The Morgan fingerprint density at radius 1 is 1.05 bits per heavy atom. The molecule has 7 heteroatoms. The number of benzene rings is 1. The van der Waals surface area contributed by atoms with Crippen molar-refractivity contribution in [1.82, 2.24) is 15.0 Å². The number of pyridine rings is 1. The van der Waals surface area contributed by atoms with Crippen molar-refractivity contribution in [2.45, 2.75) is 6.18 Å². The van der Waals surface area contributed by atoms with Crippen LogP contribution < -0.4 is 5.32 Å². The van der Waals surface area contributed by atoms with Gasteiger partial charge in [0, 0.05) is 18.1 Å². The Hall–Kier alpha value is -2.70. The molecule has 0 radical (unpaired) electrons. The summed E-state index contributed by atoms with van der Waals surface area (Å²) in [5.41, 5.74) is 0.243. The number of alkyl halides is 3. The van der Waals surface area contributed by atoms with E-state index >= 15 is 0 Å². The van der Waals surface area contributed by atoms with Gasteiger partial charge in [-0.05, 0) is 24.3 Å². The first-order valence-corrected chi connectivity index (χ1v) is 6.03. The van der Waals surface area contributed by atoms with Crippen molar-refractivity contribution < 1.29 is 13.2 Å². The van der Waals surface area contributed by atoms with E-state index in [1.54, 1.807) is 24.5 Å². The molecule has 0 fully saturated rings. The molecule has 0 atom stereocenters. The topological polar surface area (TPSA) is 50.7 Å². The standard InChI is InChI=1S/C14H9F3N4/c15-14(16,17)9-2-1-3-10(6-9)21-13-11-7-18-5-4-12(11)19-8-20-13/h1-8H,(H,19,20,21). The predicted molar refractivity (Wildman–Crippen MR) is 72.1 cm³/mol. The Kier molecular flexibility index (Phi) is 3.17. The summed E-state index contributed by atoms with van der Waals surface area (Å²) in [4.78, 5) is 12.1. The van der Waals surface area contributed by atoms with Gasteiger partial charge in [-0.1, -0.05) is 6.07 Å². The largest absolute Gasteiger partial charge is 0.416 e. The molecule has 0 amide bonds. The van der Waals surface area contributed by atoms with Crippen LogP contribution in [-0.4, -0.2) is 15.0 Å². The number of hydrogen-bond donors (Lipinski definition) is 1. The van der Waals surface area contributed by atoms with Crippen LogP contribution in [0.4, 0.5) is 24.7 Å². The Morgan fingerprint density at radius 3 is 2.71 bits per heavy atom. The Labute approximate surface area is 117 Å². The molecule has 2 heterocycles. The number of nitrogens with one attached hydrogen (secondary N) is 1. The molecule has 0 aliphatic rings. The van der Waals surface area contributed by atoms with Gasteiger partial charge < -0.3 is 5.32 Å². The van der Waals surface area contributed by atoms with Crippen LogP contribution in [0.15, 0.2) is 49.1 Å². The van der Waals surface area contributed by atoms with E-state index in [1.165, 1.54) is 12.4 Å². The molecule has 1 aromatic carbocycles. The van der Waals surface area contributed by atoms with Crippen LogP contribution in [0, 0.1) is 0 Å². The molecule has 4 nitrogen and oxygen atoms in total. The van der Waals surface area contributed by atoms with Gasteiger partial charge in [-0.3, -0.25) is 4.98 Å². The minimum atomic E-state index is -4.38. The molecule has 21 heavy (non-hydrogen) atoms. The second-order valence-electron chi connectivity index (χ2n) is 4.32. The number of hydrogen-bond acceptors (Lipinski definition) is 4. The lowest BCUT2D eigenvalue weighted by Gasteiger charge is -2.11. The summed E-state index contributed by atoms with van der Waals surface area (Å²) >= 11 is 0. The summed E-state index contributed by atoms with van der Waals surface area (Å²) < 4.78 is 38.1. The summed E-state index contributed by atoms with van der Waals surface area (Å²) in [5, 5.41) is 3.50. The van der Waals surface area contributed by atoms with E-state index in [1.807, 2.05) is 0 Å².